The van der Waals surface area contributed by atoms with Gasteiger partial charge in [-0.3, -0.25) is 19.1 Å². The normalized spacial score (nSPS) is 14.9. The van der Waals surface area contributed by atoms with E-state index in [-0.39, 0.29) is 29.6 Å². The number of amides is 1. The molecule has 1 aromatic heterocycles. The number of para-hydroxylation sites is 1. The second-order valence-electron chi connectivity index (χ2n) is 7.57. The van der Waals surface area contributed by atoms with E-state index in [1.807, 2.05) is 37.3 Å². The highest BCUT2D eigenvalue weighted by atomic mass is 16.2. The summed E-state index contributed by atoms with van der Waals surface area (Å²) in [6.07, 6.45) is 2.58. The smallest absolute Gasteiger partial charge is 0.244 e. The number of hydrogen-bond acceptors (Lipinski definition) is 4. The number of aromatic nitrogens is 2. The molecule has 1 amide bonds. The van der Waals surface area contributed by atoms with E-state index in [1.54, 1.807) is 27.8 Å². The van der Waals surface area contributed by atoms with E-state index in [4.69, 9.17) is 0 Å². The molecule has 0 bridgehead atoms. The van der Waals surface area contributed by atoms with Gasteiger partial charge < -0.3 is 4.90 Å². The summed E-state index contributed by atoms with van der Waals surface area (Å²) in [6, 6.07) is 14.8. The van der Waals surface area contributed by atoms with Crippen LogP contribution in [0.1, 0.15) is 28.8 Å². The maximum absolute atomic E-state index is 12.8. The zero-order chi connectivity index (χ0) is 20.4. The Balaban J connectivity index is 1.41. The van der Waals surface area contributed by atoms with E-state index in [0.29, 0.717) is 36.8 Å². The molecule has 0 N–H and O–H groups in total. The Hall–Kier alpha value is -3.28. The summed E-state index contributed by atoms with van der Waals surface area (Å²) < 4.78 is 1.57. The molecule has 1 aliphatic rings. The number of fused-ring (bicyclic) bond motifs is 1. The number of likely N-dealkylation sites (tertiary alicyclic amines) is 1. The molecule has 0 unspecified atom stereocenters. The first-order valence-corrected chi connectivity index (χ1v) is 9.86. The van der Waals surface area contributed by atoms with Crippen LogP contribution in [0.5, 0.6) is 0 Å². The fourth-order valence-corrected chi connectivity index (χ4v) is 3.86. The zero-order valence-corrected chi connectivity index (χ0v) is 16.4. The maximum Gasteiger partial charge on any atom is 0.244 e. The van der Waals surface area contributed by atoms with Crippen molar-refractivity contribution in [2.24, 2.45) is 5.92 Å². The number of rotatable bonds is 4. The van der Waals surface area contributed by atoms with Crippen molar-refractivity contribution in [1.29, 1.82) is 0 Å². The average molecular weight is 389 g/mol. The minimum Gasteiger partial charge on any atom is -0.341 e. The quantitative estimate of drug-likeness (QED) is 0.643. The largest absolute Gasteiger partial charge is 0.341 e. The van der Waals surface area contributed by atoms with Gasteiger partial charge in [0.25, 0.3) is 0 Å². The summed E-state index contributed by atoms with van der Waals surface area (Å²) in [7, 11) is 0. The highest BCUT2D eigenvalue weighted by molar-refractivity contribution is 5.98. The van der Waals surface area contributed by atoms with Crippen LogP contribution >= 0.6 is 0 Å². The molecule has 4 rings (SSSR count). The summed E-state index contributed by atoms with van der Waals surface area (Å²) >= 11 is 0. The van der Waals surface area contributed by atoms with Crippen LogP contribution < -0.4 is 5.43 Å². The lowest BCUT2D eigenvalue weighted by Gasteiger charge is -2.31. The van der Waals surface area contributed by atoms with Crippen molar-refractivity contribution in [3.05, 3.63) is 76.1 Å². The number of Topliss-reactive ketones (excluding diaryl/α,β-unsaturated/α-hetero) is 1. The van der Waals surface area contributed by atoms with Gasteiger partial charge in [0, 0.05) is 30.0 Å². The summed E-state index contributed by atoms with van der Waals surface area (Å²) in [4.78, 5) is 39.2. The molecule has 3 aromatic rings. The van der Waals surface area contributed by atoms with E-state index in [1.165, 1.54) is 6.20 Å². The van der Waals surface area contributed by atoms with Crippen molar-refractivity contribution in [3.8, 4) is 0 Å². The first kappa shape index (κ1) is 19.1. The van der Waals surface area contributed by atoms with E-state index in [0.717, 1.165) is 11.1 Å². The van der Waals surface area contributed by atoms with E-state index in [2.05, 4.69) is 5.10 Å². The van der Waals surface area contributed by atoms with Gasteiger partial charge in [0.05, 0.1) is 11.7 Å². The number of hydrogen-bond donors (Lipinski definition) is 0. The van der Waals surface area contributed by atoms with Crippen LogP contribution in [-0.4, -0.2) is 39.5 Å². The third-order valence-corrected chi connectivity index (χ3v) is 5.60. The van der Waals surface area contributed by atoms with E-state index in [9.17, 15) is 14.4 Å². The van der Waals surface area contributed by atoms with Gasteiger partial charge in [0.1, 0.15) is 6.54 Å². The molecule has 0 atom stereocenters. The highest BCUT2D eigenvalue weighted by Crippen LogP contribution is 2.22. The van der Waals surface area contributed by atoms with Crippen LogP contribution in [-0.2, 0) is 11.3 Å². The summed E-state index contributed by atoms with van der Waals surface area (Å²) in [5.41, 5.74) is 2.37. The van der Waals surface area contributed by atoms with E-state index >= 15 is 0 Å². The van der Waals surface area contributed by atoms with Gasteiger partial charge in [0.15, 0.2) is 5.78 Å². The molecule has 2 aromatic carbocycles. The zero-order valence-electron chi connectivity index (χ0n) is 16.4. The fourth-order valence-electron chi connectivity index (χ4n) is 3.86. The Morgan fingerprint density at radius 1 is 1.03 bits per heavy atom. The molecule has 6 nitrogen and oxygen atoms in total. The second kappa shape index (κ2) is 7.99. The van der Waals surface area contributed by atoms with Crippen molar-refractivity contribution >= 4 is 22.6 Å². The number of benzene rings is 2. The van der Waals surface area contributed by atoms with Crippen molar-refractivity contribution in [1.82, 2.24) is 14.7 Å². The van der Waals surface area contributed by atoms with Crippen LogP contribution in [0.25, 0.3) is 10.9 Å². The van der Waals surface area contributed by atoms with Crippen molar-refractivity contribution in [2.45, 2.75) is 26.3 Å². The molecule has 29 heavy (non-hydrogen) atoms. The molecule has 148 valence electrons. The molecule has 0 spiro atoms. The molecule has 6 heteroatoms. The third kappa shape index (κ3) is 3.97. The van der Waals surface area contributed by atoms with Crippen LogP contribution in [0, 0.1) is 12.8 Å². The SMILES string of the molecule is Cc1ccc(C(=O)C2CCN(C(=O)Cn3ncc(=O)c4ccccc43)CC2)cc1. The van der Waals surface area contributed by atoms with Gasteiger partial charge in [-0.15, -0.1) is 0 Å². The fraction of sp³-hybridized carbons (Fsp3) is 0.304. The molecule has 1 aliphatic heterocycles. The van der Waals surface area contributed by atoms with Gasteiger partial charge in [-0.2, -0.15) is 5.10 Å². The molecule has 1 saturated heterocycles. The topological polar surface area (TPSA) is 72.3 Å². The van der Waals surface area contributed by atoms with Gasteiger partial charge >= 0.3 is 0 Å². The van der Waals surface area contributed by atoms with Gasteiger partial charge in [-0.1, -0.05) is 42.0 Å². The number of carbonyl (C=O) groups is 2. The number of nitrogens with zero attached hydrogens (tertiary/aromatic N) is 3. The lowest BCUT2D eigenvalue weighted by Crippen LogP contribution is -2.42. The lowest BCUT2D eigenvalue weighted by atomic mass is 9.88. The Bertz CT molecular complexity index is 1110. The summed E-state index contributed by atoms with van der Waals surface area (Å²) in [6.45, 7) is 3.19. The van der Waals surface area contributed by atoms with Crippen molar-refractivity contribution in [2.75, 3.05) is 13.1 Å². The van der Waals surface area contributed by atoms with Crippen LogP contribution in [0.15, 0.2) is 59.5 Å². The number of ketones is 1. The minimum absolute atomic E-state index is 0.0480. The average Bonchev–Trinajstić information content (AvgIpc) is 2.76. The Morgan fingerprint density at radius 2 is 1.72 bits per heavy atom. The van der Waals surface area contributed by atoms with Crippen molar-refractivity contribution in [3.63, 3.8) is 0 Å². The number of piperidine rings is 1. The minimum atomic E-state index is -0.153. The third-order valence-electron chi connectivity index (χ3n) is 5.60. The Labute approximate surface area is 168 Å². The summed E-state index contributed by atoms with van der Waals surface area (Å²) in [5, 5.41) is 4.69. The number of aryl methyl sites for hydroxylation is 1. The lowest BCUT2D eigenvalue weighted by molar-refractivity contribution is -0.133. The summed E-state index contributed by atoms with van der Waals surface area (Å²) in [5.74, 6) is 0.0609. The van der Waals surface area contributed by atoms with Crippen LogP contribution in [0.4, 0.5) is 0 Å². The molecule has 2 heterocycles. The molecule has 0 aliphatic carbocycles. The number of carbonyl (C=O) groups excluding carboxylic acids is 2. The molecule has 0 radical (unpaired) electrons. The van der Waals surface area contributed by atoms with Gasteiger partial charge in [-0.25, -0.2) is 0 Å². The first-order chi connectivity index (χ1) is 14.0. The molecular weight excluding hydrogens is 366 g/mol. The molecular formula is C23H23N3O3. The van der Waals surface area contributed by atoms with Gasteiger partial charge in [-0.05, 0) is 31.9 Å². The van der Waals surface area contributed by atoms with Crippen LogP contribution in [0.2, 0.25) is 0 Å². The van der Waals surface area contributed by atoms with Crippen LogP contribution in [0.3, 0.4) is 0 Å². The molecule has 0 saturated carbocycles. The Morgan fingerprint density at radius 3 is 2.45 bits per heavy atom. The van der Waals surface area contributed by atoms with E-state index < -0.39 is 0 Å². The highest BCUT2D eigenvalue weighted by Gasteiger charge is 2.28. The predicted molar refractivity (Wildman–Crippen MR) is 111 cm³/mol. The standard InChI is InChI=1S/C23H23N3O3/c1-16-6-8-17(9-7-16)23(29)18-10-12-25(13-11-18)22(28)15-26-20-5-3-2-4-19(20)21(27)14-24-26/h2-9,14,18H,10-13,15H2,1H3. The second-order valence-corrected chi connectivity index (χ2v) is 7.57. The monoisotopic (exact) mass is 389 g/mol. The maximum atomic E-state index is 12.8. The Kier molecular flexibility index (Phi) is 5.25. The van der Waals surface area contributed by atoms with Crippen molar-refractivity contribution < 1.29 is 9.59 Å². The van der Waals surface area contributed by atoms with Gasteiger partial charge in [0.2, 0.25) is 11.3 Å². The first-order valence-electron chi connectivity index (χ1n) is 9.86. The predicted octanol–water partition coefficient (Wildman–Crippen LogP) is 2.83. The molecule has 1 fully saturated rings.